The number of nitrogen functional groups attached to an aromatic ring is 1. The molecule has 3 aromatic rings. The van der Waals surface area contributed by atoms with Crippen molar-refractivity contribution in [3.63, 3.8) is 0 Å². The summed E-state index contributed by atoms with van der Waals surface area (Å²) in [4.78, 5) is 20.7. The van der Waals surface area contributed by atoms with Gasteiger partial charge in [-0.3, -0.25) is 4.79 Å². The molecule has 0 radical (unpaired) electrons. The van der Waals surface area contributed by atoms with Crippen LogP contribution < -0.4 is 16.5 Å². The molecule has 30 heavy (non-hydrogen) atoms. The second-order valence-electron chi connectivity index (χ2n) is 7.42. The maximum Gasteiger partial charge on any atom is 0.283 e. The number of hydrogen-bond donors (Lipinski definition) is 3. The van der Waals surface area contributed by atoms with Crippen molar-refractivity contribution in [2.45, 2.75) is 19.8 Å². The normalized spacial score (nSPS) is 11.6. The van der Waals surface area contributed by atoms with Crippen LogP contribution in [0.15, 0.2) is 29.5 Å². The Balaban J connectivity index is 1.83. The number of rotatable bonds is 9. The number of carbonyl (C=O) groups is 1. The third kappa shape index (κ3) is 4.98. The first-order chi connectivity index (χ1) is 14.4. The molecule has 3 rings (SSSR count). The summed E-state index contributed by atoms with van der Waals surface area (Å²) in [6, 6.07) is 5.88. The minimum Gasteiger partial charge on any atom is -0.397 e. The van der Waals surface area contributed by atoms with E-state index >= 15 is 0 Å². The molecule has 0 atom stereocenters. The molecule has 0 aliphatic rings. The van der Waals surface area contributed by atoms with E-state index in [1.165, 1.54) is 11.3 Å². The largest absolute Gasteiger partial charge is 0.397 e. The van der Waals surface area contributed by atoms with Gasteiger partial charge in [0.1, 0.15) is 15.5 Å². The number of amides is 1. The zero-order valence-electron chi connectivity index (χ0n) is 17.9. The van der Waals surface area contributed by atoms with Crippen LogP contribution in [0.4, 0.5) is 11.5 Å². The molecule has 0 aromatic carbocycles. The Labute approximate surface area is 180 Å². The maximum atomic E-state index is 12.6. The number of aromatic nitrogens is 2. The fourth-order valence-corrected chi connectivity index (χ4v) is 4.05. The zero-order chi connectivity index (χ0) is 21.7. The summed E-state index contributed by atoms with van der Waals surface area (Å²) < 4.78 is 1.91. The van der Waals surface area contributed by atoms with Crippen LogP contribution in [0.5, 0.6) is 0 Å². The number of thiophene rings is 1. The Kier molecular flexibility index (Phi) is 7.07. The molecular weight excluding hydrogens is 398 g/mol. The number of carbonyl (C=O) groups excluding carboxylic acids is 1. The van der Waals surface area contributed by atoms with Gasteiger partial charge in [-0.05, 0) is 44.3 Å². The Morgan fingerprint density at radius 3 is 2.90 bits per heavy atom. The second-order valence-corrected chi connectivity index (χ2v) is 8.42. The molecule has 0 spiro atoms. The molecule has 0 saturated carbocycles. The van der Waals surface area contributed by atoms with Crippen molar-refractivity contribution in [3.8, 4) is 0 Å². The van der Waals surface area contributed by atoms with Crippen molar-refractivity contribution < 1.29 is 4.79 Å². The highest BCUT2D eigenvalue weighted by atomic mass is 32.1. The summed E-state index contributed by atoms with van der Waals surface area (Å²) in [5, 5.41) is 8.29. The lowest BCUT2D eigenvalue weighted by Gasteiger charge is -2.14. The van der Waals surface area contributed by atoms with Crippen LogP contribution in [-0.4, -0.2) is 53.8 Å². The van der Waals surface area contributed by atoms with E-state index in [9.17, 15) is 4.79 Å². The number of likely N-dealkylation sites (N-methyl/N-ethyl adjacent to an activating group) is 1. The van der Waals surface area contributed by atoms with Gasteiger partial charge in [-0.1, -0.05) is 13.3 Å². The predicted molar refractivity (Wildman–Crippen MR) is 126 cm³/mol. The van der Waals surface area contributed by atoms with Gasteiger partial charge >= 0.3 is 0 Å². The number of hydrazone groups is 1. The van der Waals surface area contributed by atoms with Crippen LogP contribution in [0.2, 0.25) is 0 Å². The third-order valence-corrected chi connectivity index (χ3v) is 5.84. The topological polar surface area (TPSA) is 101 Å². The number of nitrogens with two attached hydrogens (primary N) is 1. The van der Waals surface area contributed by atoms with Crippen LogP contribution in [0.3, 0.4) is 0 Å². The van der Waals surface area contributed by atoms with E-state index in [1.807, 2.05) is 44.0 Å². The lowest BCUT2D eigenvalue weighted by Crippen LogP contribution is -2.21. The van der Waals surface area contributed by atoms with Crippen LogP contribution >= 0.6 is 11.3 Å². The molecule has 0 aliphatic carbocycles. The average Bonchev–Trinajstić information content (AvgIpc) is 3.25. The summed E-state index contributed by atoms with van der Waals surface area (Å²) in [6.45, 7) is 3.84. The SMILES string of the molecule is CCCc1cc2c(N)c(C(=O)N/N=C/c3cccn3C)sc2nc1NCCN(C)C. The molecule has 3 heterocycles. The van der Waals surface area contributed by atoms with Crippen molar-refractivity contribution in [3.05, 3.63) is 40.5 Å². The van der Waals surface area contributed by atoms with E-state index in [1.54, 1.807) is 6.21 Å². The number of aryl methyl sites for hydroxylation is 2. The fourth-order valence-electron chi connectivity index (χ4n) is 3.08. The monoisotopic (exact) mass is 427 g/mol. The number of fused-ring (bicyclic) bond motifs is 1. The third-order valence-electron chi connectivity index (χ3n) is 4.72. The van der Waals surface area contributed by atoms with Gasteiger partial charge in [0.2, 0.25) is 0 Å². The molecule has 3 aromatic heterocycles. The van der Waals surface area contributed by atoms with Gasteiger partial charge in [0, 0.05) is 31.7 Å². The minimum atomic E-state index is -0.333. The number of nitrogens with one attached hydrogen (secondary N) is 2. The Bertz CT molecular complexity index is 1050. The average molecular weight is 428 g/mol. The summed E-state index contributed by atoms with van der Waals surface area (Å²) in [7, 11) is 5.99. The van der Waals surface area contributed by atoms with E-state index in [2.05, 4.69) is 33.7 Å². The number of anilines is 2. The number of hydrogen-bond acceptors (Lipinski definition) is 7. The highest BCUT2D eigenvalue weighted by Gasteiger charge is 2.19. The van der Waals surface area contributed by atoms with Gasteiger partial charge in [-0.15, -0.1) is 11.3 Å². The van der Waals surface area contributed by atoms with E-state index in [-0.39, 0.29) is 5.91 Å². The molecule has 0 fully saturated rings. The standard InChI is InChI=1S/C21H29N7OS/c1-5-7-14-12-16-17(22)18(20(29)26-24-13-15-8-6-10-28(15)4)30-21(16)25-19(14)23-9-11-27(2)3/h6,8,10,12-13H,5,7,9,11,22H2,1-4H3,(H,23,25)(H,26,29)/b24-13+. The predicted octanol–water partition coefficient (Wildman–Crippen LogP) is 2.91. The summed E-state index contributed by atoms with van der Waals surface area (Å²) in [6.07, 6.45) is 5.41. The molecule has 4 N–H and O–H groups in total. The van der Waals surface area contributed by atoms with Gasteiger partial charge in [0.25, 0.3) is 5.91 Å². The molecule has 1 amide bonds. The molecule has 0 saturated heterocycles. The minimum absolute atomic E-state index is 0.333. The molecule has 8 nitrogen and oxygen atoms in total. The smallest absolute Gasteiger partial charge is 0.283 e. The van der Waals surface area contributed by atoms with Gasteiger partial charge in [0.15, 0.2) is 0 Å². The molecule has 0 unspecified atom stereocenters. The lowest BCUT2D eigenvalue weighted by atomic mass is 10.1. The summed E-state index contributed by atoms with van der Waals surface area (Å²) in [5.74, 6) is 0.529. The Hall–Kier alpha value is -2.91. The Morgan fingerprint density at radius 2 is 2.23 bits per heavy atom. The molecule has 9 heteroatoms. The first-order valence-electron chi connectivity index (χ1n) is 9.96. The van der Waals surface area contributed by atoms with Crippen molar-refractivity contribution in [2.24, 2.45) is 12.1 Å². The van der Waals surface area contributed by atoms with E-state index in [4.69, 9.17) is 10.7 Å². The Morgan fingerprint density at radius 1 is 1.43 bits per heavy atom. The molecule has 0 aliphatic heterocycles. The lowest BCUT2D eigenvalue weighted by molar-refractivity contribution is 0.0960. The van der Waals surface area contributed by atoms with Crippen molar-refractivity contribution in [1.82, 2.24) is 19.9 Å². The van der Waals surface area contributed by atoms with Gasteiger partial charge in [-0.2, -0.15) is 5.10 Å². The number of pyridine rings is 1. The van der Waals surface area contributed by atoms with Crippen molar-refractivity contribution >= 4 is 45.2 Å². The second kappa shape index (κ2) is 9.73. The van der Waals surface area contributed by atoms with Crippen LogP contribution in [-0.2, 0) is 13.5 Å². The van der Waals surface area contributed by atoms with Gasteiger partial charge < -0.3 is 20.5 Å². The summed E-state index contributed by atoms with van der Waals surface area (Å²) in [5.41, 5.74) is 11.3. The quantitative estimate of drug-likeness (QED) is 0.360. The van der Waals surface area contributed by atoms with E-state index < -0.39 is 0 Å². The number of nitrogens with zero attached hydrogens (tertiary/aromatic N) is 4. The molecule has 0 bridgehead atoms. The highest BCUT2D eigenvalue weighted by molar-refractivity contribution is 7.21. The van der Waals surface area contributed by atoms with E-state index in [0.717, 1.165) is 53.2 Å². The van der Waals surface area contributed by atoms with Crippen LogP contribution in [0.1, 0.15) is 34.3 Å². The van der Waals surface area contributed by atoms with Crippen LogP contribution in [0, 0.1) is 0 Å². The molecule has 160 valence electrons. The summed E-state index contributed by atoms with van der Waals surface area (Å²) >= 11 is 1.29. The first kappa shape index (κ1) is 21.8. The van der Waals surface area contributed by atoms with Crippen molar-refractivity contribution in [2.75, 3.05) is 38.2 Å². The van der Waals surface area contributed by atoms with Crippen molar-refractivity contribution in [1.29, 1.82) is 0 Å². The van der Waals surface area contributed by atoms with Gasteiger partial charge in [-0.25, -0.2) is 10.4 Å². The molecular formula is C21H29N7OS. The maximum absolute atomic E-state index is 12.6. The fraction of sp³-hybridized carbons (Fsp3) is 0.381. The first-order valence-corrected chi connectivity index (χ1v) is 10.8. The zero-order valence-corrected chi connectivity index (χ0v) is 18.7. The van der Waals surface area contributed by atoms with E-state index in [0.29, 0.717) is 10.6 Å². The van der Waals surface area contributed by atoms with Crippen LogP contribution in [0.25, 0.3) is 10.2 Å². The van der Waals surface area contributed by atoms with Gasteiger partial charge in [0.05, 0.1) is 17.6 Å². The highest BCUT2D eigenvalue weighted by Crippen LogP contribution is 2.35.